The van der Waals surface area contributed by atoms with Crippen LogP contribution in [0.1, 0.15) is 55.1 Å². The Hall–Kier alpha value is -3.24. The maximum absolute atomic E-state index is 12.9. The number of Topliss-reactive ketones (excluding diaryl/α,β-unsaturated/α-hetero) is 1. The molecule has 0 spiro atoms. The van der Waals surface area contributed by atoms with Gasteiger partial charge in [-0.25, -0.2) is 4.98 Å². The van der Waals surface area contributed by atoms with Gasteiger partial charge >= 0.3 is 6.01 Å². The van der Waals surface area contributed by atoms with Gasteiger partial charge in [0, 0.05) is 51.7 Å². The number of carbonyl (C=O) groups excluding carboxylic acids is 1. The zero-order valence-electron chi connectivity index (χ0n) is 21.4. The van der Waals surface area contributed by atoms with Crippen molar-refractivity contribution in [2.24, 2.45) is 5.92 Å². The summed E-state index contributed by atoms with van der Waals surface area (Å²) in [5.41, 5.74) is 2.34. The Bertz CT molecular complexity index is 1170. The number of pyridine rings is 1. The standard InChI is InChI=1S/C26H35N5O5/c1-16(14-32)11-21(33)20-12-23(30-26(29-20)36-17(2)15-34-3)31-9-6-18(7-10-31)19-13-28-25-24(19)22(35-4)5-8-27-25/h5,8,12-13,16-18,32H,6-7,9-11,14-15H2,1-4H3,(H,27,28)/t16-,17-/m1/s1. The van der Waals surface area contributed by atoms with E-state index >= 15 is 0 Å². The Morgan fingerprint density at radius 1 is 1.25 bits per heavy atom. The molecular weight excluding hydrogens is 462 g/mol. The molecule has 4 heterocycles. The molecule has 0 aromatic carbocycles. The third kappa shape index (κ3) is 5.76. The molecule has 0 unspecified atom stereocenters. The molecule has 1 aliphatic heterocycles. The summed E-state index contributed by atoms with van der Waals surface area (Å²) >= 11 is 0. The Labute approximate surface area is 211 Å². The monoisotopic (exact) mass is 497 g/mol. The van der Waals surface area contributed by atoms with Crippen molar-refractivity contribution < 1.29 is 24.1 Å². The Morgan fingerprint density at radius 2 is 2.03 bits per heavy atom. The van der Waals surface area contributed by atoms with Crippen molar-refractivity contribution in [3.05, 3.63) is 35.8 Å². The fourth-order valence-corrected chi connectivity index (χ4v) is 4.67. The van der Waals surface area contributed by atoms with Gasteiger partial charge in [-0.05, 0) is 43.2 Å². The first kappa shape index (κ1) is 25.8. The lowest BCUT2D eigenvalue weighted by Crippen LogP contribution is -2.34. The lowest BCUT2D eigenvalue weighted by molar-refractivity contribution is 0.0842. The molecule has 36 heavy (non-hydrogen) atoms. The molecule has 1 fully saturated rings. The number of rotatable bonds is 11. The van der Waals surface area contributed by atoms with Gasteiger partial charge in [-0.1, -0.05) is 6.92 Å². The minimum atomic E-state index is -0.263. The van der Waals surface area contributed by atoms with Gasteiger partial charge in [0.1, 0.15) is 29.0 Å². The number of fused-ring (bicyclic) bond motifs is 1. The molecule has 10 nitrogen and oxygen atoms in total. The van der Waals surface area contributed by atoms with E-state index in [1.807, 2.05) is 26.1 Å². The van der Waals surface area contributed by atoms with Gasteiger partial charge in [-0.15, -0.1) is 0 Å². The smallest absolute Gasteiger partial charge is 0.319 e. The number of anilines is 1. The van der Waals surface area contributed by atoms with E-state index in [1.54, 1.807) is 26.5 Å². The van der Waals surface area contributed by atoms with Gasteiger partial charge < -0.3 is 29.2 Å². The summed E-state index contributed by atoms with van der Waals surface area (Å²) in [6.07, 6.45) is 5.55. The highest BCUT2D eigenvalue weighted by molar-refractivity contribution is 5.95. The fraction of sp³-hybridized carbons (Fsp3) is 0.538. The molecule has 0 amide bonds. The summed E-state index contributed by atoms with van der Waals surface area (Å²) in [5.74, 6) is 1.55. The third-order valence-corrected chi connectivity index (χ3v) is 6.58. The van der Waals surface area contributed by atoms with Gasteiger partial charge in [0.05, 0.1) is 19.1 Å². The minimum Gasteiger partial charge on any atom is -0.496 e. The molecule has 1 aliphatic rings. The molecule has 0 saturated carbocycles. The van der Waals surface area contributed by atoms with Crippen LogP contribution in [0.25, 0.3) is 11.0 Å². The zero-order valence-corrected chi connectivity index (χ0v) is 21.4. The summed E-state index contributed by atoms with van der Waals surface area (Å²) in [5, 5.41) is 10.4. The molecule has 10 heteroatoms. The molecule has 4 rings (SSSR count). The average molecular weight is 498 g/mol. The molecule has 3 aromatic rings. The first-order chi connectivity index (χ1) is 17.4. The molecular formula is C26H35N5O5. The summed E-state index contributed by atoms with van der Waals surface area (Å²) in [7, 11) is 3.28. The second kappa shape index (κ2) is 11.7. The number of aromatic amines is 1. The number of H-pyrrole nitrogens is 1. The normalized spacial score (nSPS) is 16.2. The van der Waals surface area contributed by atoms with Gasteiger partial charge in [0.15, 0.2) is 5.78 Å². The molecule has 2 N–H and O–H groups in total. The highest BCUT2D eigenvalue weighted by Gasteiger charge is 2.27. The molecule has 194 valence electrons. The predicted octanol–water partition coefficient (Wildman–Crippen LogP) is 3.36. The molecule has 0 bridgehead atoms. The second-order valence-electron chi connectivity index (χ2n) is 9.43. The van der Waals surface area contributed by atoms with Crippen molar-refractivity contribution >= 4 is 22.6 Å². The van der Waals surface area contributed by atoms with Crippen LogP contribution in [0, 0.1) is 5.92 Å². The number of nitrogens with one attached hydrogen (secondary N) is 1. The van der Waals surface area contributed by atoms with Crippen LogP contribution in [0.4, 0.5) is 5.82 Å². The van der Waals surface area contributed by atoms with Gasteiger partial charge in [-0.3, -0.25) is 4.79 Å². The Balaban J connectivity index is 1.54. The van der Waals surface area contributed by atoms with Crippen LogP contribution in [0.5, 0.6) is 11.8 Å². The fourth-order valence-electron chi connectivity index (χ4n) is 4.67. The van der Waals surface area contributed by atoms with Crippen molar-refractivity contribution in [1.82, 2.24) is 19.9 Å². The van der Waals surface area contributed by atoms with Crippen molar-refractivity contribution in [1.29, 1.82) is 0 Å². The van der Waals surface area contributed by atoms with Crippen LogP contribution in [0.3, 0.4) is 0 Å². The van der Waals surface area contributed by atoms with Crippen LogP contribution in [-0.2, 0) is 4.74 Å². The maximum atomic E-state index is 12.9. The van der Waals surface area contributed by atoms with E-state index in [9.17, 15) is 9.90 Å². The number of aromatic nitrogens is 4. The van der Waals surface area contributed by atoms with Crippen LogP contribution < -0.4 is 14.4 Å². The van der Waals surface area contributed by atoms with E-state index in [-0.39, 0.29) is 36.8 Å². The third-order valence-electron chi connectivity index (χ3n) is 6.58. The van der Waals surface area contributed by atoms with Crippen LogP contribution >= 0.6 is 0 Å². The predicted molar refractivity (Wildman–Crippen MR) is 136 cm³/mol. The van der Waals surface area contributed by atoms with Crippen molar-refractivity contribution in [2.45, 2.75) is 45.1 Å². The van der Waals surface area contributed by atoms with Crippen LogP contribution in [-0.4, -0.2) is 77.5 Å². The lowest BCUT2D eigenvalue weighted by Gasteiger charge is -2.33. The van der Waals surface area contributed by atoms with E-state index in [1.165, 1.54) is 5.56 Å². The number of hydrogen-bond donors (Lipinski definition) is 2. The topological polar surface area (TPSA) is 123 Å². The minimum absolute atomic E-state index is 0.0560. The van der Waals surface area contributed by atoms with Gasteiger partial charge in [0.25, 0.3) is 0 Å². The quantitative estimate of drug-likeness (QED) is 0.384. The molecule has 0 radical (unpaired) electrons. The van der Waals surface area contributed by atoms with E-state index in [4.69, 9.17) is 14.2 Å². The first-order valence-corrected chi connectivity index (χ1v) is 12.4. The van der Waals surface area contributed by atoms with Gasteiger partial charge in [-0.2, -0.15) is 9.97 Å². The Kier molecular flexibility index (Phi) is 8.37. The van der Waals surface area contributed by atoms with Crippen molar-refractivity contribution in [2.75, 3.05) is 45.4 Å². The molecule has 2 atom stereocenters. The summed E-state index contributed by atoms with van der Waals surface area (Å²) in [4.78, 5) is 31.8. The number of aliphatic hydroxyl groups is 1. The molecule has 3 aromatic heterocycles. The number of aliphatic hydroxyl groups excluding tert-OH is 1. The number of hydrogen-bond acceptors (Lipinski definition) is 9. The molecule has 0 aliphatic carbocycles. The highest BCUT2D eigenvalue weighted by atomic mass is 16.5. The van der Waals surface area contributed by atoms with Crippen LogP contribution in [0.15, 0.2) is 24.5 Å². The van der Waals surface area contributed by atoms with E-state index < -0.39 is 0 Å². The van der Waals surface area contributed by atoms with Crippen molar-refractivity contribution in [3.63, 3.8) is 0 Å². The van der Waals surface area contributed by atoms with Gasteiger partial charge in [0.2, 0.25) is 0 Å². The van der Waals surface area contributed by atoms with Crippen molar-refractivity contribution in [3.8, 4) is 11.8 Å². The molecule has 1 saturated heterocycles. The number of nitrogens with zero attached hydrogens (tertiary/aromatic N) is 4. The summed E-state index contributed by atoms with van der Waals surface area (Å²) < 4.78 is 16.6. The Morgan fingerprint density at radius 3 is 2.72 bits per heavy atom. The largest absolute Gasteiger partial charge is 0.496 e. The zero-order chi connectivity index (χ0) is 25.7. The SMILES string of the molecule is COC[C@@H](C)Oc1nc(C(=O)C[C@@H](C)CO)cc(N2CCC(c3c[nH]c4nccc(OC)c34)CC2)n1. The summed E-state index contributed by atoms with van der Waals surface area (Å²) in [6, 6.07) is 3.78. The summed E-state index contributed by atoms with van der Waals surface area (Å²) in [6.45, 7) is 5.56. The lowest BCUT2D eigenvalue weighted by atomic mass is 9.89. The first-order valence-electron chi connectivity index (χ1n) is 12.4. The second-order valence-corrected chi connectivity index (χ2v) is 9.43. The van der Waals surface area contributed by atoms with E-state index in [2.05, 4.69) is 24.8 Å². The number of piperidine rings is 1. The van der Waals surface area contributed by atoms with Crippen LogP contribution in [0.2, 0.25) is 0 Å². The number of ether oxygens (including phenoxy) is 3. The highest BCUT2D eigenvalue weighted by Crippen LogP contribution is 2.37. The van der Waals surface area contributed by atoms with E-state index in [0.29, 0.717) is 24.0 Å². The number of ketones is 1. The number of methoxy groups -OCH3 is 2. The number of carbonyl (C=O) groups is 1. The average Bonchev–Trinajstić information content (AvgIpc) is 3.33. The maximum Gasteiger partial charge on any atom is 0.319 e. The van der Waals surface area contributed by atoms with E-state index in [0.717, 1.165) is 42.7 Å².